The molecule has 0 radical (unpaired) electrons. The molecule has 1 aliphatic rings. The lowest BCUT2D eigenvalue weighted by Gasteiger charge is -2.21. The zero-order valence-corrected chi connectivity index (χ0v) is 12.1. The van der Waals surface area contributed by atoms with Crippen LogP contribution in [0.25, 0.3) is 0 Å². The molecule has 7 heteroatoms. The molecule has 0 aromatic heterocycles. The van der Waals surface area contributed by atoms with Gasteiger partial charge in [-0.15, -0.1) is 0 Å². The number of nitrogens with zero attached hydrogens (tertiary/aromatic N) is 1. The van der Waals surface area contributed by atoms with Crippen LogP contribution < -0.4 is 10.6 Å². The van der Waals surface area contributed by atoms with E-state index in [2.05, 4.69) is 10.6 Å². The van der Waals surface area contributed by atoms with Crippen LogP contribution in [0.15, 0.2) is 18.2 Å². The molecule has 1 amide bonds. The van der Waals surface area contributed by atoms with Gasteiger partial charge in [-0.2, -0.15) is 0 Å². The van der Waals surface area contributed by atoms with Gasteiger partial charge in [0.05, 0.1) is 11.0 Å². The van der Waals surface area contributed by atoms with Gasteiger partial charge in [0.25, 0.3) is 11.6 Å². The molecule has 0 aliphatic carbocycles. The molecule has 0 bridgehead atoms. The molecule has 2 N–H and O–H groups in total. The first-order valence-corrected chi connectivity index (χ1v) is 6.91. The maximum atomic E-state index is 11.6. The summed E-state index contributed by atoms with van der Waals surface area (Å²) >= 11 is 0. The third-order valence-electron chi connectivity index (χ3n) is 3.59. The van der Waals surface area contributed by atoms with Crippen molar-refractivity contribution in [3.05, 3.63) is 33.9 Å². The summed E-state index contributed by atoms with van der Waals surface area (Å²) < 4.78 is 5.57. The van der Waals surface area contributed by atoms with E-state index in [0.29, 0.717) is 5.69 Å². The Hall–Kier alpha value is -2.15. The third kappa shape index (κ3) is 3.49. The Morgan fingerprint density at radius 2 is 2.29 bits per heavy atom. The minimum atomic E-state index is -0.489. The van der Waals surface area contributed by atoms with E-state index in [9.17, 15) is 14.9 Å². The van der Waals surface area contributed by atoms with Gasteiger partial charge in [0.1, 0.15) is 5.69 Å². The lowest BCUT2D eigenvalue weighted by atomic mass is 10.1. The van der Waals surface area contributed by atoms with E-state index in [0.717, 1.165) is 19.4 Å². The van der Waals surface area contributed by atoms with Crippen LogP contribution in [-0.2, 0) is 4.74 Å². The zero-order chi connectivity index (χ0) is 15.4. The van der Waals surface area contributed by atoms with Crippen LogP contribution in [0.1, 0.15) is 30.1 Å². The van der Waals surface area contributed by atoms with E-state index in [1.165, 1.54) is 13.1 Å². The van der Waals surface area contributed by atoms with E-state index in [1.807, 2.05) is 6.92 Å². The Morgan fingerprint density at radius 3 is 2.86 bits per heavy atom. The highest BCUT2D eigenvalue weighted by molar-refractivity contribution is 5.95. The number of ether oxygens (including phenoxy) is 1. The molecule has 0 saturated carbocycles. The van der Waals surface area contributed by atoms with Crippen molar-refractivity contribution < 1.29 is 14.5 Å². The first kappa shape index (κ1) is 15.2. The quantitative estimate of drug-likeness (QED) is 0.639. The highest BCUT2D eigenvalue weighted by Gasteiger charge is 2.25. The van der Waals surface area contributed by atoms with E-state index in [-0.39, 0.29) is 29.3 Å². The van der Waals surface area contributed by atoms with Gasteiger partial charge in [-0.3, -0.25) is 14.9 Å². The minimum Gasteiger partial charge on any atom is -0.376 e. The molecule has 7 nitrogen and oxygen atoms in total. The van der Waals surface area contributed by atoms with Gasteiger partial charge in [0, 0.05) is 31.3 Å². The lowest BCUT2D eigenvalue weighted by molar-refractivity contribution is -0.384. The smallest absolute Gasteiger partial charge is 0.293 e. The highest BCUT2D eigenvalue weighted by atomic mass is 16.6. The number of hydrogen-bond donors (Lipinski definition) is 2. The number of carbonyl (C=O) groups excluding carboxylic acids is 1. The number of nitro benzene ring substituents is 1. The van der Waals surface area contributed by atoms with Gasteiger partial charge >= 0.3 is 0 Å². The molecule has 2 atom stereocenters. The summed E-state index contributed by atoms with van der Waals surface area (Å²) in [5.41, 5.74) is 0.552. The fraction of sp³-hybridized carbons (Fsp3) is 0.500. The van der Waals surface area contributed by atoms with Crippen molar-refractivity contribution in [2.24, 2.45) is 0 Å². The van der Waals surface area contributed by atoms with Crippen molar-refractivity contribution in [3.63, 3.8) is 0 Å². The van der Waals surface area contributed by atoms with Crippen molar-refractivity contribution in [1.82, 2.24) is 5.32 Å². The number of nitro groups is 1. The van der Waals surface area contributed by atoms with Crippen LogP contribution in [0.2, 0.25) is 0 Å². The van der Waals surface area contributed by atoms with E-state index >= 15 is 0 Å². The van der Waals surface area contributed by atoms with Crippen LogP contribution in [0.3, 0.4) is 0 Å². The molecule has 2 unspecified atom stereocenters. The number of carbonyl (C=O) groups is 1. The maximum Gasteiger partial charge on any atom is 0.293 e. The topological polar surface area (TPSA) is 93.5 Å². The average Bonchev–Trinajstić information content (AvgIpc) is 3.00. The van der Waals surface area contributed by atoms with Gasteiger partial charge in [0.2, 0.25) is 0 Å². The number of anilines is 1. The Labute approximate surface area is 122 Å². The maximum absolute atomic E-state index is 11.6. The Balaban J connectivity index is 2.21. The molecule has 1 aromatic rings. The predicted octanol–water partition coefficient (Wildman–Crippen LogP) is 1.93. The second-order valence-electron chi connectivity index (χ2n) is 5.05. The number of amides is 1. The SMILES string of the molecule is CNC(=O)c1ccc(NC(C)C2CCCO2)c([N+](=O)[O-])c1. The van der Waals surface area contributed by atoms with Crippen LogP contribution in [0.4, 0.5) is 11.4 Å². The second kappa shape index (κ2) is 6.53. The molecule has 1 aromatic carbocycles. The molecule has 1 aliphatic heterocycles. The molecule has 114 valence electrons. The summed E-state index contributed by atoms with van der Waals surface area (Å²) in [4.78, 5) is 22.3. The van der Waals surface area contributed by atoms with Crippen molar-refractivity contribution in [1.29, 1.82) is 0 Å². The van der Waals surface area contributed by atoms with Gasteiger partial charge in [-0.1, -0.05) is 0 Å². The third-order valence-corrected chi connectivity index (χ3v) is 3.59. The highest BCUT2D eigenvalue weighted by Crippen LogP contribution is 2.28. The lowest BCUT2D eigenvalue weighted by Crippen LogP contribution is -2.30. The summed E-state index contributed by atoms with van der Waals surface area (Å²) in [5, 5.41) is 16.8. The number of nitrogens with one attached hydrogen (secondary N) is 2. The van der Waals surface area contributed by atoms with Gasteiger partial charge < -0.3 is 15.4 Å². The fourth-order valence-electron chi connectivity index (χ4n) is 2.43. The van der Waals surface area contributed by atoms with Crippen LogP contribution in [0.5, 0.6) is 0 Å². The fourth-order valence-corrected chi connectivity index (χ4v) is 2.43. The van der Waals surface area contributed by atoms with Crippen LogP contribution in [0, 0.1) is 10.1 Å². The van der Waals surface area contributed by atoms with Crippen LogP contribution >= 0.6 is 0 Å². The molecular formula is C14H19N3O4. The summed E-state index contributed by atoms with van der Waals surface area (Å²) in [7, 11) is 1.49. The van der Waals surface area contributed by atoms with E-state index in [4.69, 9.17) is 4.74 Å². The normalized spacial score (nSPS) is 19.0. The first-order chi connectivity index (χ1) is 10.0. The standard InChI is InChI=1S/C14H19N3O4/c1-9(13-4-3-7-21-13)16-11-6-5-10(14(18)15-2)8-12(11)17(19)20/h5-6,8-9,13,16H,3-4,7H2,1-2H3,(H,15,18). The summed E-state index contributed by atoms with van der Waals surface area (Å²) in [6.07, 6.45) is 2.01. The monoisotopic (exact) mass is 293 g/mol. The molecule has 2 rings (SSSR count). The Morgan fingerprint density at radius 1 is 1.52 bits per heavy atom. The molecule has 1 saturated heterocycles. The molecule has 21 heavy (non-hydrogen) atoms. The molecule has 1 heterocycles. The van der Waals surface area contributed by atoms with Crippen molar-refractivity contribution in [2.45, 2.75) is 31.9 Å². The van der Waals surface area contributed by atoms with Crippen LogP contribution in [-0.4, -0.2) is 36.6 Å². The summed E-state index contributed by atoms with van der Waals surface area (Å²) in [6, 6.07) is 4.38. The number of benzene rings is 1. The van der Waals surface area contributed by atoms with Crippen molar-refractivity contribution in [2.75, 3.05) is 19.0 Å². The van der Waals surface area contributed by atoms with E-state index < -0.39 is 4.92 Å². The number of rotatable bonds is 5. The van der Waals surface area contributed by atoms with Gasteiger partial charge in [0.15, 0.2) is 0 Å². The molecule has 0 spiro atoms. The Kier molecular flexibility index (Phi) is 4.74. The average molecular weight is 293 g/mol. The van der Waals surface area contributed by atoms with Crippen molar-refractivity contribution in [3.8, 4) is 0 Å². The molecule has 1 fully saturated rings. The van der Waals surface area contributed by atoms with Crippen molar-refractivity contribution >= 4 is 17.3 Å². The zero-order valence-electron chi connectivity index (χ0n) is 12.1. The van der Waals surface area contributed by atoms with Gasteiger partial charge in [-0.05, 0) is 31.9 Å². The van der Waals surface area contributed by atoms with Gasteiger partial charge in [-0.25, -0.2) is 0 Å². The molecular weight excluding hydrogens is 274 g/mol. The number of hydrogen-bond acceptors (Lipinski definition) is 5. The summed E-state index contributed by atoms with van der Waals surface area (Å²) in [5.74, 6) is -0.350. The van der Waals surface area contributed by atoms with E-state index in [1.54, 1.807) is 12.1 Å². The largest absolute Gasteiger partial charge is 0.376 e. The minimum absolute atomic E-state index is 0.0305. The first-order valence-electron chi connectivity index (χ1n) is 6.91. The predicted molar refractivity (Wildman–Crippen MR) is 78.5 cm³/mol. The Bertz CT molecular complexity index is 541. The second-order valence-corrected chi connectivity index (χ2v) is 5.05. The summed E-state index contributed by atoms with van der Waals surface area (Å²) in [6.45, 7) is 2.67.